The lowest BCUT2D eigenvalue weighted by Gasteiger charge is -2.29. The number of rotatable bonds is 7. The van der Waals surface area contributed by atoms with Gasteiger partial charge in [0.1, 0.15) is 0 Å². The highest BCUT2D eigenvalue weighted by atomic mass is 127. The minimum absolute atomic E-state index is 0. The van der Waals surface area contributed by atoms with Gasteiger partial charge < -0.3 is 15.4 Å². The molecule has 0 aromatic heterocycles. The Morgan fingerprint density at radius 1 is 1.14 bits per heavy atom. The average molecular weight is 499 g/mol. The molecule has 1 aromatic carbocycles. The molecule has 2 unspecified atom stereocenters. The molecule has 0 heterocycles. The largest absolute Gasteiger partial charge is 0.466 e. The third kappa shape index (κ3) is 6.64. The lowest BCUT2D eigenvalue weighted by atomic mass is 9.86. The van der Waals surface area contributed by atoms with Crippen molar-refractivity contribution in [3.05, 3.63) is 35.9 Å². The first kappa shape index (κ1) is 23.0. The number of nitrogens with zero attached hydrogens (tertiary/aromatic N) is 1. The molecular weight excluding hydrogens is 465 g/mol. The number of carbonyl (C=O) groups excluding carboxylic acids is 1. The minimum atomic E-state index is -0.0304. The molecule has 3 rings (SSSR count). The molecule has 2 saturated carbocycles. The quantitative estimate of drug-likeness (QED) is 0.257. The molecule has 0 bridgehead atoms. The van der Waals surface area contributed by atoms with Crippen molar-refractivity contribution in [3.8, 4) is 0 Å². The van der Waals surface area contributed by atoms with Crippen molar-refractivity contribution in [1.82, 2.24) is 10.6 Å². The van der Waals surface area contributed by atoms with Crippen LogP contribution in [-0.4, -0.2) is 37.7 Å². The van der Waals surface area contributed by atoms with Gasteiger partial charge >= 0.3 is 5.97 Å². The fourth-order valence-electron chi connectivity index (χ4n) is 4.01. The van der Waals surface area contributed by atoms with Crippen LogP contribution in [0.4, 0.5) is 0 Å². The molecule has 2 N–H and O–H groups in total. The number of halogens is 1. The summed E-state index contributed by atoms with van der Waals surface area (Å²) in [4.78, 5) is 16.7. The first-order chi connectivity index (χ1) is 13.2. The predicted octanol–water partition coefficient (Wildman–Crippen LogP) is 4.09. The van der Waals surface area contributed by atoms with Crippen LogP contribution in [-0.2, 0) is 9.53 Å². The summed E-state index contributed by atoms with van der Waals surface area (Å²) in [6.45, 7) is 6.16. The van der Waals surface area contributed by atoms with Crippen molar-refractivity contribution >= 4 is 35.9 Å². The SMILES string of the molecule is CCNC(=NCC1CC1c1ccccc1)NC1CCC(C(=O)OCC)CC1.I. The molecule has 28 heavy (non-hydrogen) atoms. The van der Waals surface area contributed by atoms with Gasteiger partial charge in [-0.1, -0.05) is 30.3 Å². The highest BCUT2D eigenvalue weighted by molar-refractivity contribution is 14.0. The van der Waals surface area contributed by atoms with E-state index in [1.54, 1.807) is 0 Å². The molecule has 1 aromatic rings. The molecule has 5 nitrogen and oxygen atoms in total. The summed E-state index contributed by atoms with van der Waals surface area (Å²) in [5.74, 6) is 2.27. The smallest absolute Gasteiger partial charge is 0.308 e. The number of guanidine groups is 1. The summed E-state index contributed by atoms with van der Waals surface area (Å²) < 4.78 is 5.16. The fourth-order valence-corrected chi connectivity index (χ4v) is 4.01. The van der Waals surface area contributed by atoms with Gasteiger partial charge in [0.05, 0.1) is 12.5 Å². The molecule has 6 heteroatoms. The molecule has 0 radical (unpaired) electrons. The van der Waals surface area contributed by atoms with Crippen LogP contribution in [0.15, 0.2) is 35.3 Å². The zero-order valence-corrected chi connectivity index (χ0v) is 19.4. The van der Waals surface area contributed by atoms with Gasteiger partial charge in [-0.2, -0.15) is 0 Å². The molecule has 0 aliphatic heterocycles. The Kier molecular flexibility index (Phi) is 9.55. The predicted molar refractivity (Wildman–Crippen MR) is 124 cm³/mol. The molecule has 0 amide bonds. The highest BCUT2D eigenvalue weighted by Crippen LogP contribution is 2.47. The monoisotopic (exact) mass is 499 g/mol. The van der Waals surface area contributed by atoms with Crippen LogP contribution in [0.1, 0.15) is 57.4 Å². The Bertz CT molecular complexity index is 630. The summed E-state index contributed by atoms with van der Waals surface area (Å²) >= 11 is 0. The van der Waals surface area contributed by atoms with Gasteiger partial charge in [0.2, 0.25) is 0 Å². The van der Waals surface area contributed by atoms with Gasteiger partial charge in [0.15, 0.2) is 5.96 Å². The van der Waals surface area contributed by atoms with Crippen LogP contribution in [0.5, 0.6) is 0 Å². The maximum absolute atomic E-state index is 11.9. The number of esters is 1. The van der Waals surface area contributed by atoms with Crippen LogP contribution < -0.4 is 10.6 Å². The third-order valence-corrected chi connectivity index (χ3v) is 5.67. The van der Waals surface area contributed by atoms with E-state index < -0.39 is 0 Å². The van der Waals surface area contributed by atoms with Crippen molar-refractivity contribution in [3.63, 3.8) is 0 Å². The van der Waals surface area contributed by atoms with E-state index in [1.807, 2.05) is 6.92 Å². The number of nitrogens with one attached hydrogen (secondary N) is 2. The van der Waals surface area contributed by atoms with Gasteiger partial charge in [0.25, 0.3) is 0 Å². The highest BCUT2D eigenvalue weighted by Gasteiger charge is 2.37. The molecule has 156 valence electrons. The minimum Gasteiger partial charge on any atom is -0.466 e. The zero-order valence-electron chi connectivity index (χ0n) is 17.0. The second-order valence-corrected chi connectivity index (χ2v) is 7.68. The van der Waals surface area contributed by atoms with Gasteiger partial charge in [-0.3, -0.25) is 9.79 Å². The van der Waals surface area contributed by atoms with E-state index in [9.17, 15) is 4.79 Å². The van der Waals surface area contributed by atoms with Gasteiger partial charge in [-0.15, -0.1) is 24.0 Å². The lowest BCUT2D eigenvalue weighted by Crippen LogP contribution is -2.45. The van der Waals surface area contributed by atoms with Crippen molar-refractivity contribution in [2.24, 2.45) is 16.8 Å². The normalized spacial score (nSPS) is 26.7. The first-order valence-corrected chi connectivity index (χ1v) is 10.5. The second kappa shape index (κ2) is 11.6. The number of benzene rings is 1. The summed E-state index contributed by atoms with van der Waals surface area (Å²) in [6.07, 6.45) is 5.01. The second-order valence-electron chi connectivity index (χ2n) is 7.68. The number of hydrogen-bond acceptors (Lipinski definition) is 3. The van der Waals surface area contributed by atoms with Crippen LogP contribution in [0, 0.1) is 11.8 Å². The Hall–Kier alpha value is -1.31. The van der Waals surface area contributed by atoms with E-state index in [2.05, 4.69) is 47.9 Å². The van der Waals surface area contributed by atoms with Gasteiger partial charge in [-0.25, -0.2) is 0 Å². The van der Waals surface area contributed by atoms with Crippen LogP contribution in [0.2, 0.25) is 0 Å². The topological polar surface area (TPSA) is 62.7 Å². The van der Waals surface area contributed by atoms with Crippen LogP contribution >= 0.6 is 24.0 Å². The number of ether oxygens (including phenoxy) is 1. The van der Waals surface area contributed by atoms with Gasteiger partial charge in [0, 0.05) is 19.1 Å². The summed E-state index contributed by atoms with van der Waals surface area (Å²) in [6, 6.07) is 11.1. The average Bonchev–Trinajstić information content (AvgIpc) is 3.47. The third-order valence-electron chi connectivity index (χ3n) is 5.67. The van der Waals surface area contributed by atoms with E-state index in [1.165, 1.54) is 12.0 Å². The van der Waals surface area contributed by atoms with Crippen molar-refractivity contribution in [2.75, 3.05) is 19.7 Å². The Labute approximate surface area is 186 Å². The maximum Gasteiger partial charge on any atom is 0.308 e. The molecule has 2 aliphatic rings. The molecule has 2 aliphatic carbocycles. The fraction of sp³-hybridized carbons (Fsp3) is 0.636. The van der Waals surface area contributed by atoms with Gasteiger partial charge in [-0.05, 0) is 63.4 Å². The summed E-state index contributed by atoms with van der Waals surface area (Å²) in [5.41, 5.74) is 1.44. The number of aliphatic imine (C=N–C) groups is 1. The van der Waals surface area contributed by atoms with Crippen molar-refractivity contribution < 1.29 is 9.53 Å². The Morgan fingerprint density at radius 3 is 2.50 bits per heavy atom. The zero-order chi connectivity index (χ0) is 19.1. The summed E-state index contributed by atoms with van der Waals surface area (Å²) in [5, 5.41) is 6.94. The maximum atomic E-state index is 11.9. The first-order valence-electron chi connectivity index (χ1n) is 10.5. The Balaban J connectivity index is 0.00000280. The van der Waals surface area contributed by atoms with E-state index in [-0.39, 0.29) is 35.9 Å². The van der Waals surface area contributed by atoms with E-state index in [4.69, 9.17) is 9.73 Å². The van der Waals surface area contributed by atoms with E-state index in [0.29, 0.717) is 24.5 Å². The van der Waals surface area contributed by atoms with E-state index in [0.717, 1.165) is 44.7 Å². The molecule has 0 saturated heterocycles. The molecular formula is C22H34IN3O2. The number of hydrogen-bond donors (Lipinski definition) is 2. The van der Waals surface area contributed by atoms with Crippen LogP contribution in [0.3, 0.4) is 0 Å². The lowest BCUT2D eigenvalue weighted by molar-refractivity contribution is -0.149. The molecule has 2 fully saturated rings. The van der Waals surface area contributed by atoms with Crippen molar-refractivity contribution in [2.45, 2.75) is 57.9 Å². The Morgan fingerprint density at radius 2 is 1.86 bits per heavy atom. The van der Waals surface area contributed by atoms with E-state index >= 15 is 0 Å². The molecule has 0 spiro atoms. The summed E-state index contributed by atoms with van der Waals surface area (Å²) in [7, 11) is 0. The number of carbonyl (C=O) groups is 1. The van der Waals surface area contributed by atoms with Crippen molar-refractivity contribution in [1.29, 1.82) is 0 Å². The van der Waals surface area contributed by atoms with Crippen LogP contribution in [0.25, 0.3) is 0 Å². The standard InChI is InChI=1S/C22H33N3O2.HI/c1-3-23-22(24-15-18-14-20(18)16-8-6-5-7-9-16)25-19-12-10-17(11-13-19)21(26)27-4-2;/h5-9,17-20H,3-4,10-15H2,1-2H3,(H2,23,24,25);1H. The molecule has 2 atom stereocenters.